The summed E-state index contributed by atoms with van der Waals surface area (Å²) in [7, 11) is 3.17. The summed E-state index contributed by atoms with van der Waals surface area (Å²) in [5.41, 5.74) is 8.69. The number of fused-ring (bicyclic) bond motifs is 5. The summed E-state index contributed by atoms with van der Waals surface area (Å²) >= 11 is 0. The predicted molar refractivity (Wildman–Crippen MR) is 97.7 cm³/mol. The molecule has 1 aromatic rings. The van der Waals surface area contributed by atoms with Gasteiger partial charge in [0.25, 0.3) is 0 Å². The van der Waals surface area contributed by atoms with Crippen LogP contribution in [0.25, 0.3) is 0 Å². The van der Waals surface area contributed by atoms with Crippen molar-refractivity contribution in [1.29, 1.82) is 0 Å². The minimum atomic E-state index is 0.603. The third-order valence-corrected chi connectivity index (χ3v) is 6.98. The molecule has 2 saturated carbocycles. The Kier molecular flexibility index (Phi) is 5.00. The Balaban J connectivity index is 0.000000815. The summed E-state index contributed by atoms with van der Waals surface area (Å²) in [4.78, 5) is 11.3. The van der Waals surface area contributed by atoms with Crippen molar-refractivity contribution < 1.29 is 9.53 Å². The first-order valence-corrected chi connectivity index (χ1v) is 9.40. The van der Waals surface area contributed by atoms with Gasteiger partial charge in [-0.2, -0.15) is 0 Å². The average molecular weight is 329 g/mol. The second-order valence-electron chi connectivity index (χ2n) is 7.91. The van der Waals surface area contributed by atoms with E-state index >= 15 is 0 Å². The van der Waals surface area contributed by atoms with Crippen molar-refractivity contribution in [3.8, 4) is 5.75 Å². The monoisotopic (exact) mass is 329 g/mol. The van der Waals surface area contributed by atoms with Crippen molar-refractivity contribution in [3.05, 3.63) is 28.8 Å². The molecule has 0 spiro atoms. The molecule has 2 fully saturated rings. The number of nitrogens with two attached hydrogens (primary N) is 1. The number of rotatable bonds is 2. The zero-order chi connectivity index (χ0) is 17.3. The van der Waals surface area contributed by atoms with Gasteiger partial charge in [-0.05, 0) is 92.0 Å². The quantitative estimate of drug-likeness (QED) is 0.822. The van der Waals surface area contributed by atoms with Gasteiger partial charge in [0, 0.05) is 0 Å². The number of ether oxygens (including phenoxy) is 1. The first-order chi connectivity index (χ1) is 11.7. The van der Waals surface area contributed by atoms with Crippen LogP contribution in [0.3, 0.4) is 0 Å². The average Bonchev–Trinajstić information content (AvgIpc) is 3.03. The minimum absolute atomic E-state index is 0.603. The Labute approximate surface area is 146 Å². The molecule has 24 heavy (non-hydrogen) atoms. The van der Waals surface area contributed by atoms with E-state index in [4.69, 9.17) is 4.74 Å². The van der Waals surface area contributed by atoms with Crippen LogP contribution in [0.15, 0.2) is 12.1 Å². The smallest absolute Gasteiger partial charge is 0.153 e. The maximum absolute atomic E-state index is 11.3. The molecule has 132 valence electrons. The second-order valence-corrected chi connectivity index (χ2v) is 7.91. The number of methoxy groups -OCH3 is 1. The van der Waals surface area contributed by atoms with Gasteiger partial charge < -0.3 is 10.5 Å². The number of benzene rings is 1. The molecule has 0 bridgehead atoms. The van der Waals surface area contributed by atoms with Crippen molar-refractivity contribution in [2.75, 3.05) is 14.2 Å². The van der Waals surface area contributed by atoms with E-state index in [0.717, 1.165) is 30.3 Å². The maximum Gasteiger partial charge on any atom is 0.153 e. The number of aryl methyl sites for hydroxylation is 1. The van der Waals surface area contributed by atoms with Crippen LogP contribution in [0.5, 0.6) is 5.75 Å². The molecule has 3 aliphatic rings. The van der Waals surface area contributed by atoms with E-state index in [0.29, 0.717) is 16.9 Å². The lowest BCUT2D eigenvalue weighted by Crippen LogP contribution is -2.39. The van der Waals surface area contributed by atoms with Crippen LogP contribution in [0.4, 0.5) is 0 Å². The van der Waals surface area contributed by atoms with Crippen LogP contribution in [0, 0.1) is 17.3 Å². The molecule has 0 heterocycles. The SMILES string of the molecule is CN.COc1cc2c(cc1C=O)CCC1C2CC[C@]2(C)CCCC12. The van der Waals surface area contributed by atoms with Crippen LogP contribution in [0.1, 0.15) is 72.9 Å². The summed E-state index contributed by atoms with van der Waals surface area (Å²) in [6.45, 7) is 2.53. The van der Waals surface area contributed by atoms with Gasteiger partial charge >= 0.3 is 0 Å². The molecule has 3 unspecified atom stereocenters. The van der Waals surface area contributed by atoms with Crippen LogP contribution in [0.2, 0.25) is 0 Å². The zero-order valence-electron chi connectivity index (χ0n) is 15.3. The number of aldehydes is 1. The second kappa shape index (κ2) is 6.87. The summed E-state index contributed by atoms with van der Waals surface area (Å²) in [6.07, 6.45) is 10.3. The molecule has 0 aromatic heterocycles. The Morgan fingerprint density at radius 3 is 2.71 bits per heavy atom. The fourth-order valence-electron chi connectivity index (χ4n) is 5.88. The molecular weight excluding hydrogens is 298 g/mol. The molecule has 0 aliphatic heterocycles. The third kappa shape index (κ3) is 2.67. The van der Waals surface area contributed by atoms with E-state index in [1.54, 1.807) is 7.11 Å². The first kappa shape index (κ1) is 17.5. The summed E-state index contributed by atoms with van der Waals surface area (Å²) < 4.78 is 5.46. The normalized spacial score (nSPS) is 33.4. The van der Waals surface area contributed by atoms with Crippen molar-refractivity contribution in [1.82, 2.24) is 0 Å². The molecule has 0 radical (unpaired) electrons. The van der Waals surface area contributed by atoms with Gasteiger partial charge in [0.1, 0.15) is 5.75 Å². The Bertz CT molecular complexity index is 612. The molecule has 0 amide bonds. The van der Waals surface area contributed by atoms with Crippen LogP contribution in [-0.2, 0) is 6.42 Å². The molecule has 0 saturated heterocycles. The fraction of sp³-hybridized carbons (Fsp3) is 0.667. The van der Waals surface area contributed by atoms with Crippen molar-refractivity contribution in [2.45, 2.75) is 57.8 Å². The molecule has 4 rings (SSSR count). The molecule has 1 aromatic carbocycles. The van der Waals surface area contributed by atoms with Gasteiger partial charge in [-0.1, -0.05) is 13.3 Å². The molecule has 4 atom stereocenters. The number of carbonyl (C=O) groups is 1. The largest absolute Gasteiger partial charge is 0.496 e. The highest BCUT2D eigenvalue weighted by atomic mass is 16.5. The molecular formula is C21H31NO2. The summed E-state index contributed by atoms with van der Waals surface area (Å²) in [6, 6.07) is 4.26. The Morgan fingerprint density at radius 1 is 1.21 bits per heavy atom. The van der Waals surface area contributed by atoms with E-state index in [2.05, 4.69) is 24.8 Å². The molecule has 2 N–H and O–H groups in total. The first-order valence-electron chi connectivity index (χ1n) is 9.40. The third-order valence-electron chi connectivity index (χ3n) is 6.98. The van der Waals surface area contributed by atoms with Gasteiger partial charge in [0.15, 0.2) is 6.29 Å². The van der Waals surface area contributed by atoms with E-state index in [-0.39, 0.29) is 0 Å². The topological polar surface area (TPSA) is 52.3 Å². The van der Waals surface area contributed by atoms with Crippen molar-refractivity contribution in [2.24, 2.45) is 23.0 Å². The predicted octanol–water partition coefficient (Wildman–Crippen LogP) is 4.33. The molecule has 3 nitrogen and oxygen atoms in total. The molecule has 3 heteroatoms. The standard InChI is InChI=1S/C20H26O2.CH5N/c1-20-8-3-4-18(20)16-6-5-13-10-14(12-21)19(22-2)11-17(13)15(16)7-9-20;1-2/h10-12,15-16,18H,3-9H2,1-2H3;2H2,1H3/t15?,16?,18?,20-;/m0./s1. The van der Waals surface area contributed by atoms with E-state index in [1.165, 1.54) is 56.7 Å². The maximum atomic E-state index is 11.3. The van der Waals surface area contributed by atoms with E-state index in [1.807, 2.05) is 0 Å². The van der Waals surface area contributed by atoms with Crippen LogP contribution < -0.4 is 10.5 Å². The Hall–Kier alpha value is -1.35. The number of hydrogen-bond acceptors (Lipinski definition) is 3. The highest BCUT2D eigenvalue weighted by Gasteiger charge is 2.50. The van der Waals surface area contributed by atoms with Gasteiger partial charge in [-0.3, -0.25) is 4.79 Å². The lowest BCUT2D eigenvalue weighted by atomic mass is 9.56. The van der Waals surface area contributed by atoms with Crippen LogP contribution >= 0.6 is 0 Å². The van der Waals surface area contributed by atoms with Gasteiger partial charge in [-0.15, -0.1) is 0 Å². The molecule has 3 aliphatic carbocycles. The number of hydrogen-bond donors (Lipinski definition) is 1. The van der Waals surface area contributed by atoms with Crippen molar-refractivity contribution >= 4 is 6.29 Å². The van der Waals surface area contributed by atoms with Gasteiger partial charge in [-0.25, -0.2) is 0 Å². The highest BCUT2D eigenvalue weighted by Crippen LogP contribution is 2.61. The van der Waals surface area contributed by atoms with E-state index < -0.39 is 0 Å². The van der Waals surface area contributed by atoms with Gasteiger partial charge in [0.2, 0.25) is 0 Å². The fourth-order valence-corrected chi connectivity index (χ4v) is 5.88. The van der Waals surface area contributed by atoms with Crippen molar-refractivity contribution in [3.63, 3.8) is 0 Å². The Morgan fingerprint density at radius 2 is 2.00 bits per heavy atom. The lowest BCUT2D eigenvalue weighted by Gasteiger charge is -2.49. The summed E-state index contributed by atoms with van der Waals surface area (Å²) in [5.74, 6) is 3.21. The number of carbonyl (C=O) groups excluding carboxylic acids is 1. The highest BCUT2D eigenvalue weighted by molar-refractivity contribution is 5.80. The van der Waals surface area contributed by atoms with Gasteiger partial charge in [0.05, 0.1) is 12.7 Å². The zero-order valence-corrected chi connectivity index (χ0v) is 15.3. The summed E-state index contributed by atoms with van der Waals surface area (Å²) in [5, 5.41) is 0. The minimum Gasteiger partial charge on any atom is -0.496 e. The lowest BCUT2D eigenvalue weighted by molar-refractivity contribution is 0.0597. The van der Waals surface area contributed by atoms with Crippen LogP contribution in [-0.4, -0.2) is 20.4 Å². The van der Waals surface area contributed by atoms with E-state index in [9.17, 15) is 4.79 Å².